The van der Waals surface area contributed by atoms with E-state index in [0.717, 1.165) is 5.56 Å². The highest BCUT2D eigenvalue weighted by Crippen LogP contribution is 2.42. The number of carbonyl (C=O) groups excluding carboxylic acids is 2. The lowest BCUT2D eigenvalue weighted by Crippen LogP contribution is -2.29. The first-order chi connectivity index (χ1) is 19.1. The summed E-state index contributed by atoms with van der Waals surface area (Å²) in [5.41, 5.74) is 1.70. The topological polar surface area (TPSA) is 98.2 Å². The Morgan fingerprint density at radius 1 is 0.897 bits per heavy atom. The number of likely N-dealkylation sites (tertiary alicyclic amines) is 1. The fraction of sp³-hybridized carbons (Fsp3) is 0.129. The Morgan fingerprint density at radius 2 is 1.69 bits per heavy atom. The Labute approximate surface area is 224 Å². The smallest absolute Gasteiger partial charge is 0.295 e. The number of carbonyl (C=O) groups is 2. The van der Waals surface area contributed by atoms with Gasteiger partial charge in [-0.05, 0) is 59.7 Å². The maximum absolute atomic E-state index is 13.5. The van der Waals surface area contributed by atoms with Crippen LogP contribution in [0.1, 0.15) is 22.7 Å². The van der Waals surface area contributed by atoms with Gasteiger partial charge in [-0.15, -0.1) is 0 Å². The van der Waals surface area contributed by atoms with Crippen molar-refractivity contribution in [1.82, 2.24) is 9.88 Å². The molecule has 3 heterocycles. The highest BCUT2D eigenvalue weighted by Gasteiger charge is 2.46. The molecule has 8 heteroatoms. The van der Waals surface area contributed by atoms with Crippen LogP contribution in [0.25, 0.3) is 5.76 Å². The van der Waals surface area contributed by atoms with E-state index in [0.29, 0.717) is 47.3 Å². The van der Waals surface area contributed by atoms with Gasteiger partial charge in [0.15, 0.2) is 11.5 Å². The zero-order chi connectivity index (χ0) is 26.8. The third-order valence-corrected chi connectivity index (χ3v) is 6.58. The second-order valence-corrected chi connectivity index (χ2v) is 9.13. The summed E-state index contributed by atoms with van der Waals surface area (Å²) in [6, 6.07) is 24.2. The first-order valence-electron chi connectivity index (χ1n) is 12.5. The summed E-state index contributed by atoms with van der Waals surface area (Å²) < 4.78 is 17.3. The van der Waals surface area contributed by atoms with Crippen molar-refractivity contribution >= 4 is 17.4 Å². The molecule has 1 fully saturated rings. The lowest BCUT2D eigenvalue weighted by molar-refractivity contribution is -0.140. The van der Waals surface area contributed by atoms with E-state index in [4.69, 9.17) is 14.2 Å². The average Bonchev–Trinajstić information content (AvgIpc) is 3.22. The van der Waals surface area contributed by atoms with Crippen molar-refractivity contribution in [2.24, 2.45) is 0 Å². The Kier molecular flexibility index (Phi) is 6.42. The Balaban J connectivity index is 1.45. The van der Waals surface area contributed by atoms with E-state index in [1.54, 1.807) is 54.9 Å². The minimum absolute atomic E-state index is 0.0163. The number of aliphatic hydroxyl groups excluding tert-OH is 1. The summed E-state index contributed by atoms with van der Waals surface area (Å²) >= 11 is 0. The van der Waals surface area contributed by atoms with Crippen LogP contribution < -0.4 is 14.2 Å². The number of hydrogen-bond donors (Lipinski definition) is 1. The van der Waals surface area contributed by atoms with Crippen LogP contribution in [0.15, 0.2) is 103 Å². The Morgan fingerprint density at radius 3 is 2.49 bits per heavy atom. The van der Waals surface area contributed by atoms with Crippen LogP contribution in [0, 0.1) is 0 Å². The zero-order valence-electron chi connectivity index (χ0n) is 20.8. The molecule has 2 aliphatic heterocycles. The Bertz CT molecular complexity index is 1570. The van der Waals surface area contributed by atoms with Gasteiger partial charge in [0.25, 0.3) is 11.7 Å². The molecule has 1 saturated heterocycles. The fourth-order valence-corrected chi connectivity index (χ4v) is 4.80. The zero-order valence-corrected chi connectivity index (χ0v) is 20.8. The number of fused-ring (bicyclic) bond motifs is 1. The number of aliphatic hydroxyl groups is 1. The summed E-state index contributed by atoms with van der Waals surface area (Å²) in [6.07, 6.45) is 3.29. The van der Waals surface area contributed by atoms with Crippen LogP contribution in [0.2, 0.25) is 0 Å². The number of aromatic nitrogens is 1. The largest absolute Gasteiger partial charge is 0.507 e. The number of hydrogen-bond acceptors (Lipinski definition) is 7. The van der Waals surface area contributed by atoms with Gasteiger partial charge in [-0.2, -0.15) is 0 Å². The molecule has 0 bridgehead atoms. The van der Waals surface area contributed by atoms with Gasteiger partial charge in [0, 0.05) is 24.5 Å². The van der Waals surface area contributed by atoms with Crippen LogP contribution >= 0.6 is 0 Å². The third kappa shape index (κ3) is 4.80. The normalized spacial score (nSPS) is 17.7. The molecule has 2 aliphatic rings. The molecule has 0 spiro atoms. The van der Waals surface area contributed by atoms with Crippen LogP contribution in [0.5, 0.6) is 23.0 Å². The summed E-state index contributed by atoms with van der Waals surface area (Å²) in [4.78, 5) is 32.4. The molecule has 3 aromatic carbocycles. The number of pyridine rings is 1. The van der Waals surface area contributed by atoms with Gasteiger partial charge in [0.05, 0.1) is 11.6 Å². The molecule has 0 aliphatic carbocycles. The van der Waals surface area contributed by atoms with Crippen molar-refractivity contribution in [2.45, 2.75) is 12.6 Å². The van der Waals surface area contributed by atoms with E-state index in [1.807, 2.05) is 42.5 Å². The molecule has 6 rings (SSSR count). The van der Waals surface area contributed by atoms with Crippen molar-refractivity contribution < 1.29 is 28.9 Å². The van der Waals surface area contributed by atoms with Crippen molar-refractivity contribution in [3.8, 4) is 23.0 Å². The first-order valence-corrected chi connectivity index (χ1v) is 12.5. The molecule has 8 nitrogen and oxygen atoms in total. The maximum atomic E-state index is 13.5. The molecule has 39 heavy (non-hydrogen) atoms. The number of ketones is 1. The van der Waals surface area contributed by atoms with E-state index >= 15 is 0 Å². The number of Topliss-reactive ketones (excluding diaryl/α,β-unsaturated/α-hetero) is 1. The van der Waals surface area contributed by atoms with Crippen LogP contribution in [-0.2, 0) is 16.1 Å². The van der Waals surface area contributed by atoms with Crippen molar-refractivity contribution in [2.75, 3.05) is 13.2 Å². The molecule has 4 aromatic rings. The second-order valence-electron chi connectivity index (χ2n) is 9.13. The van der Waals surface area contributed by atoms with Gasteiger partial charge in [0.2, 0.25) is 0 Å². The van der Waals surface area contributed by atoms with E-state index in [1.165, 1.54) is 4.90 Å². The number of amides is 1. The molecule has 0 unspecified atom stereocenters. The maximum Gasteiger partial charge on any atom is 0.295 e. The summed E-state index contributed by atoms with van der Waals surface area (Å²) in [5, 5.41) is 11.5. The van der Waals surface area contributed by atoms with Gasteiger partial charge in [-0.25, -0.2) is 0 Å². The van der Waals surface area contributed by atoms with Gasteiger partial charge >= 0.3 is 0 Å². The predicted octanol–water partition coefficient (Wildman–Crippen LogP) is 5.27. The number of para-hydroxylation sites is 1. The minimum atomic E-state index is -0.863. The third-order valence-electron chi connectivity index (χ3n) is 6.58. The lowest BCUT2D eigenvalue weighted by Gasteiger charge is -2.26. The Hall–Kier alpha value is -5.11. The number of nitrogens with zero attached hydrogens (tertiary/aromatic N) is 2. The van der Waals surface area contributed by atoms with Gasteiger partial charge in [-0.3, -0.25) is 14.6 Å². The monoisotopic (exact) mass is 520 g/mol. The molecule has 194 valence electrons. The van der Waals surface area contributed by atoms with E-state index in [-0.39, 0.29) is 17.9 Å². The molecule has 0 radical (unpaired) electrons. The minimum Gasteiger partial charge on any atom is -0.507 e. The molecule has 1 N–H and O–H groups in total. The van der Waals surface area contributed by atoms with E-state index in [2.05, 4.69) is 4.98 Å². The highest BCUT2D eigenvalue weighted by atomic mass is 16.6. The first kappa shape index (κ1) is 24.2. The van der Waals surface area contributed by atoms with Crippen LogP contribution in [-0.4, -0.2) is 39.9 Å². The number of benzene rings is 3. The number of rotatable bonds is 6. The molecule has 1 aromatic heterocycles. The second kappa shape index (κ2) is 10.3. The average molecular weight is 521 g/mol. The van der Waals surface area contributed by atoms with Gasteiger partial charge in [-0.1, -0.05) is 36.4 Å². The summed E-state index contributed by atoms with van der Waals surface area (Å²) in [6.45, 7) is 0.935. The lowest BCUT2D eigenvalue weighted by atomic mass is 9.95. The molecule has 1 atom stereocenters. The summed E-state index contributed by atoms with van der Waals surface area (Å²) in [5.74, 6) is 0.420. The van der Waals surface area contributed by atoms with Crippen molar-refractivity contribution in [3.05, 3.63) is 120 Å². The van der Waals surface area contributed by atoms with Gasteiger partial charge < -0.3 is 24.2 Å². The van der Waals surface area contributed by atoms with Crippen molar-refractivity contribution in [3.63, 3.8) is 0 Å². The number of ether oxygens (including phenoxy) is 3. The quantitative estimate of drug-likeness (QED) is 0.210. The van der Waals surface area contributed by atoms with Crippen molar-refractivity contribution in [1.29, 1.82) is 0 Å². The van der Waals surface area contributed by atoms with E-state index < -0.39 is 17.7 Å². The SMILES string of the molecule is O=C1C(=O)N(Cc2cccnc2)[C@H](c2cccc(Oc3ccccc3)c2)C1=C(O)c1ccc2c(c1)OCCO2. The van der Waals surface area contributed by atoms with Gasteiger partial charge in [0.1, 0.15) is 30.5 Å². The molecular weight excluding hydrogens is 496 g/mol. The molecule has 0 saturated carbocycles. The predicted molar refractivity (Wildman–Crippen MR) is 142 cm³/mol. The van der Waals surface area contributed by atoms with Crippen LogP contribution in [0.4, 0.5) is 0 Å². The standard InChI is InChI=1S/C31H24N2O6/c34-29(22-11-12-25-26(17-22)38-15-14-37-25)27-28(33(31(36)30(27)35)19-20-6-5-13-32-18-20)21-7-4-10-24(16-21)39-23-8-2-1-3-9-23/h1-13,16-18,28,34H,14-15,19H2/t28-/m1/s1. The van der Waals surface area contributed by atoms with Crippen LogP contribution in [0.3, 0.4) is 0 Å². The fourth-order valence-electron chi connectivity index (χ4n) is 4.80. The molecular formula is C31H24N2O6. The van der Waals surface area contributed by atoms with E-state index in [9.17, 15) is 14.7 Å². The molecule has 1 amide bonds. The highest BCUT2D eigenvalue weighted by molar-refractivity contribution is 6.46. The summed E-state index contributed by atoms with van der Waals surface area (Å²) in [7, 11) is 0.